The maximum atomic E-state index is 12.3. The predicted octanol–water partition coefficient (Wildman–Crippen LogP) is 4.89. The normalized spacial score (nSPS) is 11.4. The van der Waals surface area contributed by atoms with Crippen LogP contribution in [0.25, 0.3) is 11.1 Å². The van der Waals surface area contributed by atoms with Crippen molar-refractivity contribution in [2.75, 3.05) is 0 Å². The molecule has 1 atom stereocenters. The highest BCUT2D eigenvalue weighted by Crippen LogP contribution is 2.28. The summed E-state index contributed by atoms with van der Waals surface area (Å²) in [6, 6.07) is 21.6. The average molecular weight is 429 g/mol. The van der Waals surface area contributed by atoms with Crippen LogP contribution in [-0.2, 0) is 4.79 Å². The molecule has 5 nitrogen and oxygen atoms in total. The lowest BCUT2D eigenvalue weighted by molar-refractivity contribution is -0.128. The molecule has 0 aliphatic carbocycles. The maximum Gasteiger partial charge on any atom is 0.279 e. The first-order valence-corrected chi connectivity index (χ1v) is 9.57. The molecule has 0 aromatic heterocycles. The molecule has 29 heavy (non-hydrogen) atoms. The van der Waals surface area contributed by atoms with E-state index < -0.39 is 17.9 Å². The highest BCUT2D eigenvalue weighted by molar-refractivity contribution is 6.35. The van der Waals surface area contributed by atoms with E-state index in [9.17, 15) is 9.59 Å². The van der Waals surface area contributed by atoms with E-state index >= 15 is 0 Å². The van der Waals surface area contributed by atoms with Crippen LogP contribution in [0.2, 0.25) is 10.0 Å². The van der Waals surface area contributed by atoms with Crippen LogP contribution in [-0.4, -0.2) is 17.9 Å². The van der Waals surface area contributed by atoms with Crippen LogP contribution < -0.4 is 15.6 Å². The quantitative estimate of drug-likeness (QED) is 0.568. The summed E-state index contributed by atoms with van der Waals surface area (Å²) in [6.07, 6.45) is -0.880. The summed E-state index contributed by atoms with van der Waals surface area (Å²) in [6.45, 7) is 1.54. The molecule has 0 bridgehead atoms. The van der Waals surface area contributed by atoms with Crippen molar-refractivity contribution in [1.29, 1.82) is 0 Å². The van der Waals surface area contributed by atoms with Gasteiger partial charge in [0.15, 0.2) is 6.10 Å². The van der Waals surface area contributed by atoms with Gasteiger partial charge in [0.1, 0.15) is 5.75 Å². The van der Waals surface area contributed by atoms with Crippen LogP contribution in [0.4, 0.5) is 0 Å². The molecule has 3 rings (SSSR count). The fraction of sp³-hybridized carbons (Fsp3) is 0.0909. The largest absolute Gasteiger partial charge is 0.479 e. The molecular weight excluding hydrogens is 411 g/mol. The third-order valence-electron chi connectivity index (χ3n) is 4.12. The van der Waals surface area contributed by atoms with Gasteiger partial charge in [0.05, 0.1) is 5.02 Å². The minimum atomic E-state index is -0.880. The molecule has 3 aromatic carbocycles. The van der Waals surface area contributed by atoms with E-state index in [-0.39, 0.29) is 0 Å². The van der Waals surface area contributed by atoms with Gasteiger partial charge < -0.3 is 4.74 Å². The topological polar surface area (TPSA) is 67.4 Å². The van der Waals surface area contributed by atoms with Gasteiger partial charge in [0.25, 0.3) is 11.8 Å². The van der Waals surface area contributed by atoms with Gasteiger partial charge in [0, 0.05) is 10.6 Å². The summed E-state index contributed by atoms with van der Waals surface area (Å²) in [5, 5.41) is 0.754. The Kier molecular flexibility index (Phi) is 6.75. The van der Waals surface area contributed by atoms with Crippen molar-refractivity contribution in [2.24, 2.45) is 0 Å². The Bertz CT molecular complexity index is 1010. The van der Waals surface area contributed by atoms with Crippen molar-refractivity contribution in [3.63, 3.8) is 0 Å². The third kappa shape index (κ3) is 5.50. The second-order valence-corrected chi connectivity index (χ2v) is 7.07. The van der Waals surface area contributed by atoms with Gasteiger partial charge >= 0.3 is 0 Å². The standard InChI is InChI=1S/C22H18Cl2N2O3/c1-14(29-20-12-11-18(23)13-19(20)24)21(27)25-26-22(28)17-9-7-16(8-10-17)15-5-3-2-4-6-15/h2-14H,1H3,(H,25,27)(H,26,28)/t14-/m1/s1. The molecule has 2 amide bonds. The molecule has 0 saturated carbocycles. The molecule has 0 saturated heterocycles. The monoisotopic (exact) mass is 428 g/mol. The zero-order valence-corrected chi connectivity index (χ0v) is 17.0. The number of benzene rings is 3. The molecule has 148 valence electrons. The number of hydrogen-bond acceptors (Lipinski definition) is 3. The molecule has 2 N–H and O–H groups in total. The van der Waals surface area contributed by atoms with E-state index in [4.69, 9.17) is 27.9 Å². The predicted molar refractivity (Wildman–Crippen MR) is 114 cm³/mol. The van der Waals surface area contributed by atoms with Crippen molar-refractivity contribution < 1.29 is 14.3 Å². The van der Waals surface area contributed by atoms with Crippen molar-refractivity contribution >= 4 is 35.0 Å². The Hall–Kier alpha value is -3.02. The van der Waals surface area contributed by atoms with Crippen LogP contribution in [0.5, 0.6) is 5.75 Å². The van der Waals surface area contributed by atoms with E-state index in [1.807, 2.05) is 42.5 Å². The third-order valence-corrected chi connectivity index (χ3v) is 4.65. The Morgan fingerprint density at radius 1 is 0.862 bits per heavy atom. The molecule has 0 aliphatic rings. The number of carbonyl (C=O) groups is 2. The molecule has 0 aliphatic heterocycles. The van der Waals surface area contributed by atoms with Gasteiger partial charge in [-0.25, -0.2) is 0 Å². The zero-order valence-electron chi connectivity index (χ0n) is 15.5. The lowest BCUT2D eigenvalue weighted by Crippen LogP contribution is -2.47. The highest BCUT2D eigenvalue weighted by Gasteiger charge is 2.17. The summed E-state index contributed by atoms with van der Waals surface area (Å²) in [5.41, 5.74) is 7.19. The molecule has 0 radical (unpaired) electrons. The number of ether oxygens (including phenoxy) is 1. The van der Waals surface area contributed by atoms with Crippen LogP contribution in [0.15, 0.2) is 72.8 Å². The number of hydrogen-bond donors (Lipinski definition) is 2. The molecule has 0 fully saturated rings. The lowest BCUT2D eigenvalue weighted by atomic mass is 10.0. The van der Waals surface area contributed by atoms with Gasteiger partial charge in [-0.15, -0.1) is 0 Å². The molecule has 0 unspecified atom stereocenters. The second-order valence-electron chi connectivity index (χ2n) is 6.22. The number of nitrogens with one attached hydrogen (secondary N) is 2. The number of halogens is 2. The van der Waals surface area contributed by atoms with Crippen molar-refractivity contribution in [3.8, 4) is 16.9 Å². The highest BCUT2D eigenvalue weighted by atomic mass is 35.5. The van der Waals surface area contributed by atoms with E-state index in [0.29, 0.717) is 21.4 Å². The van der Waals surface area contributed by atoms with Gasteiger partial charge in [-0.1, -0.05) is 65.7 Å². The smallest absolute Gasteiger partial charge is 0.279 e. The fourth-order valence-electron chi connectivity index (χ4n) is 2.55. The first-order chi connectivity index (χ1) is 13.9. The Morgan fingerprint density at radius 3 is 2.17 bits per heavy atom. The summed E-state index contributed by atoms with van der Waals surface area (Å²) >= 11 is 11.9. The number of amides is 2. The van der Waals surface area contributed by atoms with Crippen molar-refractivity contribution in [3.05, 3.63) is 88.4 Å². The van der Waals surface area contributed by atoms with Gasteiger partial charge in [-0.2, -0.15) is 0 Å². The van der Waals surface area contributed by atoms with Gasteiger partial charge in [0.2, 0.25) is 0 Å². The Labute approximate surface area is 178 Å². The van der Waals surface area contributed by atoms with Crippen LogP contribution in [0.1, 0.15) is 17.3 Å². The SMILES string of the molecule is C[C@@H](Oc1ccc(Cl)cc1Cl)C(=O)NNC(=O)c1ccc(-c2ccccc2)cc1. The zero-order chi connectivity index (χ0) is 20.8. The van der Waals surface area contributed by atoms with Crippen LogP contribution >= 0.6 is 23.2 Å². The van der Waals surface area contributed by atoms with Crippen LogP contribution in [0, 0.1) is 0 Å². The van der Waals surface area contributed by atoms with Crippen LogP contribution in [0.3, 0.4) is 0 Å². The van der Waals surface area contributed by atoms with E-state index in [1.165, 1.54) is 6.07 Å². The molecule has 3 aromatic rings. The van der Waals surface area contributed by atoms with Gasteiger partial charge in [-0.3, -0.25) is 20.4 Å². The average Bonchev–Trinajstić information content (AvgIpc) is 2.74. The van der Waals surface area contributed by atoms with Gasteiger partial charge in [-0.05, 0) is 48.4 Å². The van der Waals surface area contributed by atoms with Crippen molar-refractivity contribution in [2.45, 2.75) is 13.0 Å². The van der Waals surface area contributed by atoms with E-state index in [0.717, 1.165) is 11.1 Å². The first kappa shape index (κ1) is 20.7. The number of carbonyl (C=O) groups excluding carboxylic acids is 2. The lowest BCUT2D eigenvalue weighted by Gasteiger charge is -2.16. The summed E-state index contributed by atoms with van der Waals surface area (Å²) in [4.78, 5) is 24.4. The van der Waals surface area contributed by atoms with E-state index in [2.05, 4.69) is 10.9 Å². The Balaban J connectivity index is 1.55. The maximum absolute atomic E-state index is 12.3. The molecular formula is C22H18Cl2N2O3. The second kappa shape index (κ2) is 9.45. The van der Waals surface area contributed by atoms with Crippen molar-refractivity contribution in [1.82, 2.24) is 10.9 Å². The molecule has 7 heteroatoms. The Morgan fingerprint density at radius 2 is 1.52 bits per heavy atom. The van der Waals surface area contributed by atoms with E-state index in [1.54, 1.807) is 31.2 Å². The molecule has 0 spiro atoms. The summed E-state index contributed by atoms with van der Waals surface area (Å²) < 4.78 is 5.51. The fourth-order valence-corrected chi connectivity index (χ4v) is 3.00. The molecule has 0 heterocycles. The minimum absolute atomic E-state index is 0.291. The summed E-state index contributed by atoms with van der Waals surface area (Å²) in [5.74, 6) is -0.637. The minimum Gasteiger partial charge on any atom is -0.479 e. The summed E-state index contributed by atoms with van der Waals surface area (Å²) in [7, 11) is 0. The first-order valence-electron chi connectivity index (χ1n) is 8.81. The number of rotatable bonds is 5. The number of hydrazine groups is 1.